The first-order chi connectivity index (χ1) is 16.6. The summed E-state index contributed by atoms with van der Waals surface area (Å²) in [4.78, 5) is 13.2. The molecule has 34 heavy (non-hydrogen) atoms. The van der Waals surface area contributed by atoms with Crippen molar-refractivity contribution >= 4 is 5.78 Å². The van der Waals surface area contributed by atoms with Crippen LogP contribution in [0.1, 0.15) is 15.9 Å². The predicted molar refractivity (Wildman–Crippen MR) is 133 cm³/mol. The Morgan fingerprint density at radius 3 is 1.44 bits per heavy atom. The number of hydrogen-bond acceptors (Lipinski definition) is 5. The summed E-state index contributed by atoms with van der Waals surface area (Å²) in [5.41, 5.74) is 4.74. The molecule has 0 saturated heterocycles. The molecular formula is C29H26O5. The summed E-state index contributed by atoms with van der Waals surface area (Å²) in [5.74, 6) is 2.61. The van der Waals surface area contributed by atoms with E-state index in [4.69, 9.17) is 18.9 Å². The highest BCUT2D eigenvalue weighted by Gasteiger charge is 2.17. The van der Waals surface area contributed by atoms with Crippen molar-refractivity contribution in [1.82, 2.24) is 0 Å². The Kier molecular flexibility index (Phi) is 6.83. The Bertz CT molecular complexity index is 1270. The average Bonchev–Trinajstić information content (AvgIpc) is 2.92. The van der Waals surface area contributed by atoms with Crippen molar-refractivity contribution in [2.75, 3.05) is 28.4 Å². The Hall–Kier alpha value is -4.25. The van der Waals surface area contributed by atoms with Gasteiger partial charge in [0.1, 0.15) is 23.0 Å². The van der Waals surface area contributed by atoms with Crippen molar-refractivity contribution in [3.63, 3.8) is 0 Å². The minimum absolute atomic E-state index is 0.0496. The van der Waals surface area contributed by atoms with E-state index in [1.54, 1.807) is 28.4 Å². The molecule has 4 aromatic carbocycles. The zero-order valence-electron chi connectivity index (χ0n) is 19.6. The molecular weight excluding hydrogens is 428 g/mol. The lowest BCUT2D eigenvalue weighted by Crippen LogP contribution is -2.02. The summed E-state index contributed by atoms with van der Waals surface area (Å²) >= 11 is 0. The maximum atomic E-state index is 13.2. The number of carbonyl (C=O) groups is 1. The van der Waals surface area contributed by atoms with Crippen LogP contribution in [-0.4, -0.2) is 34.2 Å². The molecule has 0 aromatic heterocycles. The summed E-state index contributed by atoms with van der Waals surface area (Å²) in [6.45, 7) is 0. The fourth-order valence-electron chi connectivity index (χ4n) is 3.86. The fourth-order valence-corrected chi connectivity index (χ4v) is 3.86. The maximum absolute atomic E-state index is 13.2. The molecule has 0 radical (unpaired) electrons. The van der Waals surface area contributed by atoms with Gasteiger partial charge in [0.2, 0.25) is 0 Å². The van der Waals surface area contributed by atoms with Gasteiger partial charge >= 0.3 is 0 Å². The van der Waals surface area contributed by atoms with Gasteiger partial charge in [0, 0.05) is 23.3 Å². The number of ether oxygens (including phenoxy) is 4. The van der Waals surface area contributed by atoms with Crippen molar-refractivity contribution in [2.24, 2.45) is 0 Å². The van der Waals surface area contributed by atoms with Crippen LogP contribution in [0.4, 0.5) is 0 Å². The van der Waals surface area contributed by atoms with Crippen LogP contribution in [0.25, 0.3) is 22.3 Å². The number of ketones is 1. The van der Waals surface area contributed by atoms with Gasteiger partial charge in [-0.1, -0.05) is 42.5 Å². The molecule has 0 atom stereocenters. The first-order valence-electron chi connectivity index (χ1n) is 10.8. The zero-order valence-corrected chi connectivity index (χ0v) is 19.6. The molecule has 4 aromatic rings. The maximum Gasteiger partial charge on any atom is 0.193 e. The molecule has 0 aliphatic rings. The van der Waals surface area contributed by atoms with E-state index in [0.29, 0.717) is 34.1 Å². The molecule has 5 heteroatoms. The lowest BCUT2D eigenvalue weighted by Gasteiger charge is -2.16. The van der Waals surface area contributed by atoms with E-state index in [9.17, 15) is 4.79 Å². The van der Waals surface area contributed by atoms with Gasteiger partial charge in [-0.25, -0.2) is 0 Å². The van der Waals surface area contributed by atoms with E-state index < -0.39 is 0 Å². The summed E-state index contributed by atoms with van der Waals surface area (Å²) in [7, 11) is 6.46. The van der Waals surface area contributed by atoms with Crippen molar-refractivity contribution in [3.8, 4) is 45.3 Å². The van der Waals surface area contributed by atoms with E-state index in [1.165, 1.54) is 0 Å². The highest BCUT2D eigenvalue weighted by Crippen LogP contribution is 2.39. The van der Waals surface area contributed by atoms with E-state index in [1.807, 2.05) is 84.9 Å². The van der Waals surface area contributed by atoms with Crippen molar-refractivity contribution in [3.05, 3.63) is 96.1 Å². The first-order valence-corrected chi connectivity index (χ1v) is 10.8. The van der Waals surface area contributed by atoms with Gasteiger partial charge in [-0.2, -0.15) is 0 Å². The Balaban J connectivity index is 1.95. The number of methoxy groups -OCH3 is 4. The summed E-state index contributed by atoms with van der Waals surface area (Å²) in [5, 5.41) is 0. The topological polar surface area (TPSA) is 54.0 Å². The third kappa shape index (κ3) is 4.74. The van der Waals surface area contributed by atoms with Crippen LogP contribution in [0.5, 0.6) is 23.0 Å². The van der Waals surface area contributed by atoms with Crippen LogP contribution < -0.4 is 18.9 Å². The molecule has 0 spiro atoms. The minimum Gasteiger partial charge on any atom is -0.497 e. The average molecular weight is 455 g/mol. The van der Waals surface area contributed by atoms with Crippen molar-refractivity contribution < 1.29 is 23.7 Å². The minimum atomic E-state index is -0.0496. The van der Waals surface area contributed by atoms with Crippen LogP contribution in [-0.2, 0) is 0 Å². The van der Waals surface area contributed by atoms with Gasteiger partial charge in [0.25, 0.3) is 0 Å². The lowest BCUT2D eigenvalue weighted by molar-refractivity contribution is 0.103. The zero-order chi connectivity index (χ0) is 24.1. The number of carbonyl (C=O) groups excluding carboxylic acids is 1. The summed E-state index contributed by atoms with van der Waals surface area (Å²) in [6, 6.07) is 26.3. The van der Waals surface area contributed by atoms with Crippen molar-refractivity contribution in [1.29, 1.82) is 0 Å². The van der Waals surface area contributed by atoms with Crippen molar-refractivity contribution in [2.45, 2.75) is 0 Å². The van der Waals surface area contributed by atoms with E-state index in [-0.39, 0.29) is 5.78 Å². The molecule has 0 amide bonds. The van der Waals surface area contributed by atoms with E-state index >= 15 is 0 Å². The van der Waals surface area contributed by atoms with E-state index in [0.717, 1.165) is 22.3 Å². The van der Waals surface area contributed by atoms with Crippen LogP contribution in [0, 0.1) is 0 Å². The standard InChI is InChI=1S/C29H26O5/c1-31-23-12-21(13-24(17-23)32-2)27-11-10-20(29(30)19-8-6-5-7-9-19)16-28(27)22-14-25(33-3)18-26(15-22)34-4/h5-18H,1-4H3. The Morgan fingerprint density at radius 2 is 0.971 bits per heavy atom. The number of hydrogen-bond donors (Lipinski definition) is 0. The van der Waals surface area contributed by atoms with Crippen LogP contribution in [0.2, 0.25) is 0 Å². The van der Waals surface area contributed by atoms with Gasteiger partial charge < -0.3 is 18.9 Å². The number of benzene rings is 4. The summed E-state index contributed by atoms with van der Waals surface area (Å²) < 4.78 is 22.0. The van der Waals surface area contributed by atoms with Gasteiger partial charge in [0.15, 0.2) is 5.78 Å². The van der Waals surface area contributed by atoms with Gasteiger partial charge in [-0.05, 0) is 52.6 Å². The van der Waals surface area contributed by atoms with Gasteiger partial charge in [-0.15, -0.1) is 0 Å². The molecule has 0 unspecified atom stereocenters. The Morgan fingerprint density at radius 1 is 0.500 bits per heavy atom. The molecule has 4 rings (SSSR count). The molecule has 0 bridgehead atoms. The van der Waals surface area contributed by atoms with E-state index in [2.05, 4.69) is 0 Å². The smallest absolute Gasteiger partial charge is 0.193 e. The molecule has 172 valence electrons. The second-order valence-corrected chi connectivity index (χ2v) is 7.66. The monoisotopic (exact) mass is 454 g/mol. The summed E-state index contributed by atoms with van der Waals surface area (Å²) in [6.07, 6.45) is 0. The van der Waals surface area contributed by atoms with Crippen LogP contribution in [0.3, 0.4) is 0 Å². The third-order valence-corrected chi connectivity index (χ3v) is 5.64. The third-order valence-electron chi connectivity index (χ3n) is 5.64. The fraction of sp³-hybridized carbons (Fsp3) is 0.138. The number of rotatable bonds is 8. The SMILES string of the molecule is COc1cc(OC)cc(-c2ccc(C(=O)c3ccccc3)cc2-c2cc(OC)cc(OC)c2)c1. The largest absolute Gasteiger partial charge is 0.497 e. The molecule has 0 fully saturated rings. The van der Waals surface area contributed by atoms with Crippen LogP contribution in [0.15, 0.2) is 84.9 Å². The Labute approximate surface area is 199 Å². The van der Waals surface area contributed by atoms with Gasteiger partial charge in [0.05, 0.1) is 28.4 Å². The highest BCUT2D eigenvalue weighted by atomic mass is 16.5. The molecule has 0 saturated carbocycles. The molecule has 0 N–H and O–H groups in total. The molecule has 5 nitrogen and oxygen atoms in total. The molecule has 0 aliphatic heterocycles. The second-order valence-electron chi connectivity index (χ2n) is 7.66. The molecule has 0 aliphatic carbocycles. The normalized spacial score (nSPS) is 10.5. The highest BCUT2D eigenvalue weighted by molar-refractivity contribution is 6.10. The lowest BCUT2D eigenvalue weighted by atomic mass is 9.90. The second kappa shape index (κ2) is 10.1. The predicted octanol–water partition coefficient (Wildman–Crippen LogP) is 6.29. The van der Waals surface area contributed by atoms with Crippen LogP contribution >= 0.6 is 0 Å². The van der Waals surface area contributed by atoms with Gasteiger partial charge in [-0.3, -0.25) is 4.79 Å². The first kappa shape index (κ1) is 22.9. The molecule has 0 heterocycles. The quantitative estimate of drug-likeness (QED) is 0.293.